The molecule has 0 atom stereocenters. The zero-order valence-electron chi connectivity index (χ0n) is 9.29. The molecule has 0 unspecified atom stereocenters. The van der Waals surface area contributed by atoms with Gasteiger partial charge < -0.3 is 9.47 Å². The molecule has 0 bridgehead atoms. The number of carbonyl (C=O) groups excluding carboxylic acids is 2. The first-order chi connectivity index (χ1) is 8.13. The molecule has 5 heteroatoms. The molecule has 0 fully saturated rings. The van der Waals surface area contributed by atoms with Gasteiger partial charge in [-0.3, -0.25) is 9.59 Å². The summed E-state index contributed by atoms with van der Waals surface area (Å²) in [7, 11) is 0. The monoisotopic (exact) mass is 254 g/mol. The van der Waals surface area contributed by atoms with Crippen molar-refractivity contribution < 1.29 is 19.1 Å². The highest BCUT2D eigenvalue weighted by Gasteiger charge is 2.21. The Morgan fingerprint density at radius 2 is 1.82 bits per heavy atom. The summed E-state index contributed by atoms with van der Waals surface area (Å²) in [6.45, 7) is 2.67. The zero-order valence-corrected chi connectivity index (χ0v) is 10.0. The Kier molecular flexibility index (Phi) is 3.33. The highest BCUT2D eigenvalue weighted by Crippen LogP contribution is 2.33. The van der Waals surface area contributed by atoms with Gasteiger partial charge in [0.15, 0.2) is 11.5 Å². The summed E-state index contributed by atoms with van der Waals surface area (Å²) in [5.41, 5.74) is 0.998. The third kappa shape index (κ3) is 2.26. The number of Topliss-reactive ketones (excluding diaryl/α,β-unsaturated/α-hetero) is 2. The highest BCUT2D eigenvalue weighted by atomic mass is 35.5. The lowest BCUT2D eigenvalue weighted by Gasteiger charge is -2.19. The molecular formula is C12H11ClO4. The van der Waals surface area contributed by atoms with Crippen LogP contribution in [0.3, 0.4) is 0 Å². The van der Waals surface area contributed by atoms with Crippen LogP contribution in [0.5, 0.6) is 11.5 Å². The Morgan fingerprint density at radius 3 is 2.41 bits per heavy atom. The van der Waals surface area contributed by atoms with Crippen LogP contribution in [0.1, 0.15) is 15.9 Å². The Hall–Kier alpha value is -1.55. The number of fused-ring (bicyclic) bond motifs is 1. The first-order valence-corrected chi connectivity index (χ1v) is 5.70. The molecule has 1 aromatic rings. The summed E-state index contributed by atoms with van der Waals surface area (Å²) >= 11 is 5.37. The Labute approximate surface area is 103 Å². The van der Waals surface area contributed by atoms with Gasteiger partial charge in [0.05, 0.1) is 5.88 Å². The SMILES string of the molecule is Cc1cc2c(cc1C(=O)C(=O)CCl)OCCO2. The van der Waals surface area contributed by atoms with Crippen molar-refractivity contribution in [1.82, 2.24) is 0 Å². The number of benzene rings is 1. The Bertz CT molecular complexity index is 482. The van der Waals surface area contributed by atoms with E-state index in [-0.39, 0.29) is 5.88 Å². The molecular weight excluding hydrogens is 244 g/mol. The van der Waals surface area contributed by atoms with Gasteiger partial charge in [-0.2, -0.15) is 0 Å². The molecule has 17 heavy (non-hydrogen) atoms. The minimum atomic E-state index is -0.619. The fourth-order valence-corrected chi connectivity index (χ4v) is 1.77. The van der Waals surface area contributed by atoms with Crippen molar-refractivity contribution in [2.24, 2.45) is 0 Å². The summed E-state index contributed by atoms with van der Waals surface area (Å²) < 4.78 is 10.7. The number of rotatable bonds is 3. The van der Waals surface area contributed by atoms with E-state index in [9.17, 15) is 9.59 Å². The number of alkyl halides is 1. The molecule has 2 rings (SSSR count). The molecule has 0 N–H and O–H groups in total. The van der Waals surface area contributed by atoms with Crippen molar-refractivity contribution in [3.63, 3.8) is 0 Å². The van der Waals surface area contributed by atoms with Gasteiger partial charge in [-0.15, -0.1) is 11.6 Å². The van der Waals surface area contributed by atoms with Gasteiger partial charge >= 0.3 is 0 Å². The van der Waals surface area contributed by atoms with Gasteiger partial charge in [0.25, 0.3) is 0 Å². The van der Waals surface area contributed by atoms with Gasteiger partial charge in [0.1, 0.15) is 13.2 Å². The lowest BCUT2D eigenvalue weighted by atomic mass is 10.0. The van der Waals surface area contributed by atoms with Crippen molar-refractivity contribution in [3.8, 4) is 11.5 Å². The molecule has 0 saturated carbocycles. The molecule has 1 aromatic carbocycles. The predicted molar refractivity (Wildman–Crippen MR) is 62.2 cm³/mol. The van der Waals surface area contributed by atoms with Crippen LogP contribution in [-0.4, -0.2) is 30.7 Å². The summed E-state index contributed by atoms with van der Waals surface area (Å²) in [6.07, 6.45) is 0. The van der Waals surface area contributed by atoms with Crippen LogP contribution in [0.4, 0.5) is 0 Å². The summed E-state index contributed by atoms with van der Waals surface area (Å²) in [5, 5.41) is 0. The number of halogens is 1. The first-order valence-electron chi connectivity index (χ1n) is 5.17. The van der Waals surface area contributed by atoms with Gasteiger partial charge in [-0.25, -0.2) is 0 Å². The van der Waals surface area contributed by atoms with Crippen LogP contribution in [-0.2, 0) is 4.79 Å². The van der Waals surface area contributed by atoms with Crippen molar-refractivity contribution in [2.45, 2.75) is 6.92 Å². The van der Waals surface area contributed by atoms with E-state index in [4.69, 9.17) is 21.1 Å². The van der Waals surface area contributed by atoms with E-state index in [0.717, 1.165) is 0 Å². The van der Waals surface area contributed by atoms with Crippen LogP contribution >= 0.6 is 11.6 Å². The molecule has 0 spiro atoms. The van der Waals surface area contributed by atoms with E-state index in [1.54, 1.807) is 13.0 Å². The van der Waals surface area contributed by atoms with Crippen LogP contribution in [0.2, 0.25) is 0 Å². The molecule has 0 saturated heterocycles. The van der Waals surface area contributed by atoms with Crippen molar-refractivity contribution in [2.75, 3.05) is 19.1 Å². The number of ether oxygens (including phenoxy) is 2. The van der Waals surface area contributed by atoms with Crippen LogP contribution in [0.25, 0.3) is 0 Å². The number of carbonyl (C=O) groups is 2. The third-order valence-electron chi connectivity index (χ3n) is 2.51. The highest BCUT2D eigenvalue weighted by molar-refractivity contribution is 6.51. The van der Waals surface area contributed by atoms with E-state index in [1.165, 1.54) is 6.07 Å². The van der Waals surface area contributed by atoms with Gasteiger partial charge in [0.2, 0.25) is 11.6 Å². The third-order valence-corrected chi connectivity index (χ3v) is 2.75. The Balaban J connectivity index is 2.41. The van der Waals surface area contributed by atoms with E-state index in [2.05, 4.69) is 0 Å². The average molecular weight is 255 g/mol. The van der Waals surface area contributed by atoms with E-state index >= 15 is 0 Å². The summed E-state index contributed by atoms with van der Waals surface area (Å²) in [4.78, 5) is 23.0. The largest absolute Gasteiger partial charge is 0.486 e. The lowest BCUT2D eigenvalue weighted by molar-refractivity contribution is -0.112. The fourth-order valence-electron chi connectivity index (χ4n) is 1.65. The molecule has 0 radical (unpaired) electrons. The molecule has 4 nitrogen and oxygen atoms in total. The maximum Gasteiger partial charge on any atom is 0.230 e. The lowest BCUT2D eigenvalue weighted by Crippen LogP contribution is -2.19. The summed E-state index contributed by atoms with van der Waals surface area (Å²) in [6, 6.07) is 3.24. The number of hydrogen-bond donors (Lipinski definition) is 0. The van der Waals surface area contributed by atoms with E-state index in [1.807, 2.05) is 0 Å². The molecule has 0 aliphatic carbocycles. The smallest absolute Gasteiger partial charge is 0.230 e. The maximum atomic E-state index is 11.8. The number of hydrogen-bond acceptors (Lipinski definition) is 4. The minimum Gasteiger partial charge on any atom is -0.486 e. The van der Waals surface area contributed by atoms with Crippen LogP contribution in [0.15, 0.2) is 12.1 Å². The fraction of sp³-hybridized carbons (Fsp3) is 0.333. The normalized spacial score (nSPS) is 13.3. The average Bonchev–Trinajstić information content (AvgIpc) is 2.36. The number of aryl methyl sites for hydroxylation is 1. The minimum absolute atomic E-state index is 0.313. The van der Waals surface area contributed by atoms with Gasteiger partial charge in [0, 0.05) is 5.56 Å². The molecule has 0 amide bonds. The molecule has 0 aromatic heterocycles. The quantitative estimate of drug-likeness (QED) is 0.469. The zero-order chi connectivity index (χ0) is 12.4. The molecule has 90 valence electrons. The standard InChI is InChI=1S/C12H11ClO4/c1-7-4-10-11(17-3-2-16-10)5-8(7)12(15)9(14)6-13/h4-5H,2-3,6H2,1H3. The van der Waals surface area contributed by atoms with Crippen LogP contribution in [0, 0.1) is 6.92 Å². The summed E-state index contributed by atoms with van der Waals surface area (Å²) in [5.74, 6) is -0.427. The maximum absolute atomic E-state index is 11.8. The second kappa shape index (κ2) is 4.75. The number of ketones is 2. The second-order valence-electron chi connectivity index (χ2n) is 3.70. The second-order valence-corrected chi connectivity index (χ2v) is 3.96. The van der Waals surface area contributed by atoms with E-state index in [0.29, 0.717) is 35.8 Å². The molecule has 1 aliphatic rings. The van der Waals surface area contributed by atoms with Gasteiger partial charge in [-0.1, -0.05) is 0 Å². The van der Waals surface area contributed by atoms with E-state index < -0.39 is 11.6 Å². The van der Waals surface area contributed by atoms with Crippen molar-refractivity contribution in [3.05, 3.63) is 23.3 Å². The Morgan fingerprint density at radius 1 is 1.24 bits per heavy atom. The first kappa shape index (κ1) is 11.9. The topological polar surface area (TPSA) is 52.6 Å². The molecule has 1 aliphatic heterocycles. The van der Waals surface area contributed by atoms with Gasteiger partial charge in [-0.05, 0) is 24.6 Å². The van der Waals surface area contributed by atoms with Crippen molar-refractivity contribution >= 4 is 23.2 Å². The molecule has 1 heterocycles. The van der Waals surface area contributed by atoms with Crippen LogP contribution < -0.4 is 9.47 Å². The van der Waals surface area contributed by atoms with Crippen molar-refractivity contribution in [1.29, 1.82) is 0 Å². The predicted octanol–water partition coefficient (Wildman–Crippen LogP) is 1.76.